The second-order valence-corrected chi connectivity index (χ2v) is 3.77. The third-order valence-corrected chi connectivity index (χ3v) is 2.58. The molecule has 0 aliphatic heterocycles. The molecule has 2 rings (SSSR count). The van der Waals surface area contributed by atoms with Crippen LogP contribution in [0, 0.1) is 24.2 Å². The monoisotopic (exact) mass is 186 g/mol. The number of rotatable bonds is 4. The molecule has 2 atom stereocenters. The van der Waals surface area contributed by atoms with E-state index >= 15 is 0 Å². The molecule has 0 amide bonds. The van der Waals surface area contributed by atoms with Crippen LogP contribution in [0.4, 0.5) is 0 Å². The van der Waals surface area contributed by atoms with Crippen molar-refractivity contribution in [1.82, 2.24) is 0 Å². The topological polar surface area (TPSA) is 9.23 Å². The van der Waals surface area contributed by atoms with Gasteiger partial charge < -0.3 is 4.74 Å². The Labute approximate surface area is 85.1 Å². The van der Waals surface area contributed by atoms with Crippen molar-refractivity contribution in [2.24, 2.45) is 11.8 Å². The summed E-state index contributed by atoms with van der Waals surface area (Å²) in [5, 5.41) is 0. The lowest BCUT2D eigenvalue weighted by atomic mass is 10.2. The second-order valence-electron chi connectivity index (χ2n) is 3.77. The van der Waals surface area contributed by atoms with Crippen molar-refractivity contribution in [3.63, 3.8) is 0 Å². The van der Waals surface area contributed by atoms with Crippen molar-refractivity contribution in [3.05, 3.63) is 35.9 Å². The molecule has 0 radical (unpaired) electrons. The Bertz CT molecular complexity index is 323. The first-order chi connectivity index (χ1) is 6.90. The third kappa shape index (κ3) is 2.37. The van der Waals surface area contributed by atoms with Crippen molar-refractivity contribution in [1.29, 1.82) is 0 Å². The highest BCUT2D eigenvalue weighted by molar-refractivity contribution is 5.13. The summed E-state index contributed by atoms with van der Waals surface area (Å²) in [7, 11) is 0. The van der Waals surface area contributed by atoms with E-state index in [1.54, 1.807) is 0 Å². The fraction of sp³-hybridized carbons (Fsp3) is 0.385. The molecular formula is C13H14O. The Hall–Kier alpha value is -1.26. The molecule has 0 spiro atoms. The number of hydrogen-bond acceptors (Lipinski definition) is 1. The van der Waals surface area contributed by atoms with E-state index in [1.807, 2.05) is 18.2 Å². The van der Waals surface area contributed by atoms with E-state index in [-0.39, 0.29) is 0 Å². The highest BCUT2D eigenvalue weighted by Gasteiger charge is 2.35. The lowest BCUT2D eigenvalue weighted by molar-refractivity contribution is 0.109. The maximum Gasteiger partial charge on any atom is 0.0717 e. The minimum Gasteiger partial charge on any atom is -0.376 e. The van der Waals surface area contributed by atoms with E-state index in [0.717, 1.165) is 13.0 Å². The maximum absolute atomic E-state index is 5.58. The lowest BCUT2D eigenvalue weighted by Gasteiger charge is -2.02. The summed E-state index contributed by atoms with van der Waals surface area (Å²) in [5.74, 6) is 3.85. The first kappa shape index (κ1) is 9.30. The molecule has 72 valence electrons. The van der Waals surface area contributed by atoms with Gasteiger partial charge in [-0.1, -0.05) is 30.3 Å². The molecule has 1 aromatic rings. The largest absolute Gasteiger partial charge is 0.376 e. The van der Waals surface area contributed by atoms with Crippen LogP contribution in [0.3, 0.4) is 0 Å². The summed E-state index contributed by atoms with van der Waals surface area (Å²) in [6.07, 6.45) is 6.45. The van der Waals surface area contributed by atoms with Gasteiger partial charge in [-0.15, -0.1) is 12.3 Å². The molecule has 1 heteroatoms. The zero-order valence-corrected chi connectivity index (χ0v) is 8.15. The smallest absolute Gasteiger partial charge is 0.0717 e. The van der Waals surface area contributed by atoms with Gasteiger partial charge in [-0.3, -0.25) is 0 Å². The van der Waals surface area contributed by atoms with Crippen molar-refractivity contribution in [2.75, 3.05) is 6.61 Å². The van der Waals surface area contributed by atoms with E-state index in [4.69, 9.17) is 11.2 Å². The molecule has 1 nitrogen and oxygen atoms in total. The average Bonchev–Trinajstić information content (AvgIpc) is 2.98. The van der Waals surface area contributed by atoms with Gasteiger partial charge in [0.25, 0.3) is 0 Å². The molecule has 0 aromatic heterocycles. The maximum atomic E-state index is 5.58. The quantitative estimate of drug-likeness (QED) is 0.656. The molecule has 1 aliphatic rings. The highest BCUT2D eigenvalue weighted by atomic mass is 16.5. The molecule has 1 aliphatic carbocycles. The standard InChI is InChI=1S/C13H14O/c1-2-12-8-13(12)10-14-9-11-6-4-3-5-7-11/h1,3-7,12-13H,8-10H2/t12-,13+/m0/s1. The summed E-state index contributed by atoms with van der Waals surface area (Å²) in [6, 6.07) is 10.2. The zero-order valence-electron chi connectivity index (χ0n) is 8.15. The Morgan fingerprint density at radius 3 is 2.79 bits per heavy atom. The van der Waals surface area contributed by atoms with E-state index in [1.165, 1.54) is 5.56 Å². The summed E-state index contributed by atoms with van der Waals surface area (Å²) in [6.45, 7) is 1.51. The average molecular weight is 186 g/mol. The van der Waals surface area contributed by atoms with E-state index < -0.39 is 0 Å². The minimum absolute atomic E-state index is 0.478. The Kier molecular flexibility index (Phi) is 2.86. The van der Waals surface area contributed by atoms with Crippen LogP contribution < -0.4 is 0 Å². The summed E-state index contributed by atoms with van der Waals surface area (Å²) in [4.78, 5) is 0. The predicted octanol–water partition coefficient (Wildman–Crippen LogP) is 2.47. The lowest BCUT2D eigenvalue weighted by Crippen LogP contribution is -1.98. The molecule has 14 heavy (non-hydrogen) atoms. The molecule has 1 aromatic carbocycles. The van der Waals surface area contributed by atoms with Gasteiger partial charge in [0.2, 0.25) is 0 Å². The van der Waals surface area contributed by atoms with Crippen molar-refractivity contribution < 1.29 is 4.74 Å². The van der Waals surface area contributed by atoms with Crippen LogP contribution in [0.25, 0.3) is 0 Å². The van der Waals surface area contributed by atoms with Gasteiger partial charge in [0, 0.05) is 5.92 Å². The third-order valence-electron chi connectivity index (χ3n) is 2.58. The minimum atomic E-state index is 0.478. The van der Waals surface area contributed by atoms with Crippen LogP contribution in [0.15, 0.2) is 30.3 Å². The van der Waals surface area contributed by atoms with Crippen LogP contribution in [0.5, 0.6) is 0 Å². The van der Waals surface area contributed by atoms with Crippen molar-refractivity contribution in [2.45, 2.75) is 13.0 Å². The van der Waals surface area contributed by atoms with Gasteiger partial charge in [0.15, 0.2) is 0 Å². The van der Waals surface area contributed by atoms with Crippen LogP contribution in [0.1, 0.15) is 12.0 Å². The number of ether oxygens (including phenoxy) is 1. The van der Waals surface area contributed by atoms with Crippen molar-refractivity contribution >= 4 is 0 Å². The Balaban J connectivity index is 1.67. The second kappa shape index (κ2) is 4.30. The molecule has 1 fully saturated rings. The van der Waals surface area contributed by atoms with E-state index in [2.05, 4.69) is 18.1 Å². The predicted molar refractivity (Wildman–Crippen MR) is 56.5 cm³/mol. The fourth-order valence-electron chi connectivity index (χ4n) is 1.54. The van der Waals surface area contributed by atoms with Crippen LogP contribution in [0.2, 0.25) is 0 Å². The van der Waals surface area contributed by atoms with Crippen molar-refractivity contribution in [3.8, 4) is 12.3 Å². The zero-order chi connectivity index (χ0) is 9.80. The van der Waals surface area contributed by atoms with Crippen LogP contribution in [-0.2, 0) is 11.3 Å². The number of hydrogen-bond donors (Lipinski definition) is 0. The number of benzene rings is 1. The summed E-state index contributed by atoms with van der Waals surface area (Å²) >= 11 is 0. The molecule has 1 saturated carbocycles. The van der Waals surface area contributed by atoms with Crippen LogP contribution in [-0.4, -0.2) is 6.61 Å². The van der Waals surface area contributed by atoms with Crippen LogP contribution >= 0.6 is 0 Å². The SMILES string of the molecule is C#C[C@H]1C[C@@H]1COCc1ccccc1. The first-order valence-electron chi connectivity index (χ1n) is 4.98. The first-order valence-corrected chi connectivity index (χ1v) is 4.98. The van der Waals surface area contributed by atoms with Gasteiger partial charge in [-0.2, -0.15) is 0 Å². The van der Waals surface area contributed by atoms with E-state index in [0.29, 0.717) is 18.4 Å². The summed E-state index contributed by atoms with van der Waals surface area (Å²) in [5.41, 5.74) is 1.23. The normalized spacial score (nSPS) is 24.2. The van der Waals surface area contributed by atoms with Gasteiger partial charge in [0.1, 0.15) is 0 Å². The fourth-order valence-corrected chi connectivity index (χ4v) is 1.54. The Morgan fingerprint density at radius 2 is 2.14 bits per heavy atom. The van der Waals surface area contributed by atoms with Gasteiger partial charge in [0.05, 0.1) is 13.2 Å². The highest BCUT2D eigenvalue weighted by Crippen LogP contribution is 2.37. The van der Waals surface area contributed by atoms with Gasteiger partial charge in [-0.25, -0.2) is 0 Å². The molecule has 0 bridgehead atoms. The van der Waals surface area contributed by atoms with Gasteiger partial charge >= 0.3 is 0 Å². The van der Waals surface area contributed by atoms with Gasteiger partial charge in [-0.05, 0) is 17.9 Å². The molecular weight excluding hydrogens is 172 g/mol. The molecule has 0 saturated heterocycles. The number of terminal acetylenes is 1. The molecule has 0 heterocycles. The molecule has 0 N–H and O–H groups in total. The molecule has 0 unspecified atom stereocenters. The summed E-state index contributed by atoms with van der Waals surface area (Å²) < 4.78 is 5.58. The van der Waals surface area contributed by atoms with E-state index in [9.17, 15) is 0 Å². The Morgan fingerprint density at radius 1 is 1.36 bits per heavy atom.